The summed E-state index contributed by atoms with van der Waals surface area (Å²) in [5.41, 5.74) is 1.24. The van der Waals surface area contributed by atoms with Gasteiger partial charge >= 0.3 is 0 Å². The van der Waals surface area contributed by atoms with E-state index in [1.807, 2.05) is 51.1 Å². The highest BCUT2D eigenvalue weighted by Gasteiger charge is 2.60. The number of rotatable bonds is 9. The van der Waals surface area contributed by atoms with Crippen LogP contribution in [0.25, 0.3) is 11.1 Å². The molecule has 0 spiro atoms. The summed E-state index contributed by atoms with van der Waals surface area (Å²) in [5.74, 6) is 0.812. The second-order valence-electron chi connectivity index (χ2n) is 10.6. The van der Waals surface area contributed by atoms with Gasteiger partial charge in [0.25, 0.3) is 0 Å². The first-order chi connectivity index (χ1) is 17.1. The van der Waals surface area contributed by atoms with Crippen LogP contribution >= 0.6 is 11.6 Å². The van der Waals surface area contributed by atoms with Crippen LogP contribution in [0.15, 0.2) is 78.0 Å². The van der Waals surface area contributed by atoms with E-state index >= 15 is 0 Å². The van der Waals surface area contributed by atoms with Crippen molar-refractivity contribution in [2.45, 2.75) is 68.2 Å². The second kappa shape index (κ2) is 9.45. The Morgan fingerprint density at radius 1 is 1.03 bits per heavy atom. The number of sulfonamides is 1. The Hall–Kier alpha value is -2.45. The third-order valence-corrected chi connectivity index (χ3v) is 8.45. The molecule has 0 bridgehead atoms. The lowest BCUT2D eigenvalue weighted by molar-refractivity contribution is -0.0894. The van der Waals surface area contributed by atoms with E-state index in [1.54, 1.807) is 42.7 Å². The van der Waals surface area contributed by atoms with E-state index in [9.17, 15) is 8.42 Å². The van der Waals surface area contributed by atoms with Gasteiger partial charge in [0.05, 0.1) is 16.4 Å². The minimum Gasteiger partial charge on any atom is -0.490 e. The van der Waals surface area contributed by atoms with E-state index in [1.165, 1.54) is 0 Å². The highest BCUT2D eigenvalue weighted by atomic mass is 35.5. The van der Waals surface area contributed by atoms with Gasteiger partial charge in [0.15, 0.2) is 0 Å². The Bertz CT molecular complexity index is 1340. The van der Waals surface area contributed by atoms with E-state index in [-0.39, 0.29) is 16.4 Å². The van der Waals surface area contributed by atoms with Gasteiger partial charge in [0, 0.05) is 35.4 Å². The Labute approximate surface area is 218 Å². The summed E-state index contributed by atoms with van der Waals surface area (Å²) in [6.45, 7) is 5.81. The molecule has 3 aromatic rings. The standard InChI is InChI=1S/C28H31ClN2O4S/c1-27(2,3)26(31-36(32,33)20-9-5-4-6-10-20)35-28(17-25(28)29)23-18-30-16-15-21(23)22-11-7-8-12-24(22)34-19-13-14-19/h4-12,15-16,18-19,25-26,31H,13-14,17H2,1-3H3. The highest BCUT2D eigenvalue weighted by molar-refractivity contribution is 7.89. The largest absolute Gasteiger partial charge is 0.490 e. The number of para-hydroxylation sites is 1. The van der Waals surface area contributed by atoms with Gasteiger partial charge in [-0.2, -0.15) is 4.72 Å². The van der Waals surface area contributed by atoms with Crippen molar-refractivity contribution in [2.24, 2.45) is 5.41 Å². The molecule has 2 aliphatic carbocycles. The maximum absolute atomic E-state index is 13.2. The first-order valence-corrected chi connectivity index (χ1v) is 14.1. The molecule has 1 heterocycles. The molecule has 2 aromatic carbocycles. The average molecular weight is 527 g/mol. The van der Waals surface area contributed by atoms with Crippen molar-refractivity contribution < 1.29 is 17.9 Å². The number of pyridine rings is 1. The molecule has 3 unspecified atom stereocenters. The Morgan fingerprint density at radius 2 is 1.69 bits per heavy atom. The number of hydrogen-bond donors (Lipinski definition) is 1. The number of nitrogens with zero attached hydrogens (tertiary/aromatic N) is 1. The molecule has 3 atom stereocenters. The zero-order chi connectivity index (χ0) is 25.6. The summed E-state index contributed by atoms with van der Waals surface area (Å²) in [6.07, 6.45) is 5.59. The fraction of sp³-hybridized carbons (Fsp3) is 0.393. The monoisotopic (exact) mass is 526 g/mol. The normalized spacial score (nSPS) is 22.7. The van der Waals surface area contributed by atoms with Crippen LogP contribution in [0, 0.1) is 5.41 Å². The maximum atomic E-state index is 13.2. The smallest absolute Gasteiger partial charge is 0.242 e. The molecular weight excluding hydrogens is 496 g/mol. The Kier molecular flexibility index (Phi) is 6.62. The molecule has 6 nitrogen and oxygen atoms in total. The summed E-state index contributed by atoms with van der Waals surface area (Å²) in [4.78, 5) is 4.57. The van der Waals surface area contributed by atoms with Gasteiger partial charge in [0.1, 0.15) is 17.6 Å². The van der Waals surface area contributed by atoms with E-state index in [2.05, 4.69) is 9.71 Å². The lowest BCUT2D eigenvalue weighted by Gasteiger charge is -2.35. The van der Waals surface area contributed by atoms with Crippen molar-refractivity contribution in [2.75, 3.05) is 0 Å². The van der Waals surface area contributed by atoms with Crippen molar-refractivity contribution in [3.63, 3.8) is 0 Å². The van der Waals surface area contributed by atoms with Crippen LogP contribution in [-0.2, 0) is 20.4 Å². The summed E-state index contributed by atoms with van der Waals surface area (Å²) in [7, 11) is -3.82. The lowest BCUT2D eigenvalue weighted by Crippen LogP contribution is -2.48. The predicted molar refractivity (Wildman–Crippen MR) is 140 cm³/mol. The Morgan fingerprint density at radius 3 is 2.33 bits per heavy atom. The van der Waals surface area contributed by atoms with Crippen LogP contribution in [0.1, 0.15) is 45.6 Å². The zero-order valence-corrected chi connectivity index (χ0v) is 22.2. The third kappa shape index (κ3) is 5.16. The molecule has 0 amide bonds. The third-order valence-electron chi connectivity index (χ3n) is 6.53. The summed E-state index contributed by atoms with van der Waals surface area (Å²) in [6, 6.07) is 18.2. The molecule has 0 radical (unpaired) electrons. The van der Waals surface area contributed by atoms with E-state index in [0.29, 0.717) is 6.42 Å². The minimum atomic E-state index is -3.82. The first-order valence-electron chi connectivity index (χ1n) is 12.2. The van der Waals surface area contributed by atoms with Gasteiger partial charge in [-0.1, -0.05) is 57.2 Å². The molecule has 36 heavy (non-hydrogen) atoms. The van der Waals surface area contributed by atoms with Gasteiger partial charge in [0.2, 0.25) is 10.0 Å². The number of nitrogens with one attached hydrogen (secondary N) is 1. The van der Waals surface area contributed by atoms with Gasteiger partial charge < -0.3 is 9.47 Å². The Balaban J connectivity index is 1.51. The number of alkyl halides is 1. The van der Waals surface area contributed by atoms with Gasteiger partial charge in [-0.25, -0.2) is 8.42 Å². The van der Waals surface area contributed by atoms with Crippen LogP contribution in [0.2, 0.25) is 0 Å². The van der Waals surface area contributed by atoms with Crippen LogP contribution in [0.5, 0.6) is 5.75 Å². The number of ether oxygens (including phenoxy) is 2. The van der Waals surface area contributed by atoms with Crippen molar-refractivity contribution in [1.29, 1.82) is 0 Å². The highest BCUT2D eigenvalue weighted by Crippen LogP contribution is 2.57. The number of aromatic nitrogens is 1. The molecular formula is C28H31ClN2O4S. The van der Waals surface area contributed by atoms with Crippen molar-refractivity contribution >= 4 is 21.6 Å². The van der Waals surface area contributed by atoms with Crippen LogP contribution in [0.3, 0.4) is 0 Å². The average Bonchev–Trinajstić information content (AvgIpc) is 3.78. The van der Waals surface area contributed by atoms with Crippen LogP contribution in [0.4, 0.5) is 0 Å². The predicted octanol–water partition coefficient (Wildman–Crippen LogP) is 5.86. The molecule has 2 aliphatic rings. The molecule has 5 rings (SSSR count). The number of hydrogen-bond acceptors (Lipinski definition) is 5. The zero-order valence-electron chi connectivity index (χ0n) is 20.6. The van der Waals surface area contributed by atoms with Gasteiger partial charge in [-0.3, -0.25) is 4.98 Å². The van der Waals surface area contributed by atoms with E-state index in [4.69, 9.17) is 21.1 Å². The van der Waals surface area contributed by atoms with E-state index in [0.717, 1.165) is 35.3 Å². The molecule has 1 N–H and O–H groups in total. The topological polar surface area (TPSA) is 77.5 Å². The molecule has 8 heteroatoms. The maximum Gasteiger partial charge on any atom is 0.242 e. The van der Waals surface area contributed by atoms with Crippen molar-refractivity contribution in [1.82, 2.24) is 9.71 Å². The first kappa shape index (κ1) is 25.2. The van der Waals surface area contributed by atoms with Crippen molar-refractivity contribution in [3.8, 4) is 16.9 Å². The number of halogens is 1. The fourth-order valence-corrected chi connectivity index (χ4v) is 5.93. The second-order valence-corrected chi connectivity index (χ2v) is 12.8. The molecule has 2 saturated carbocycles. The van der Waals surface area contributed by atoms with Gasteiger partial charge in [-0.05, 0) is 42.7 Å². The van der Waals surface area contributed by atoms with Crippen molar-refractivity contribution in [3.05, 3.63) is 78.6 Å². The SMILES string of the molecule is CC(C)(C)C(NS(=O)(=O)c1ccccc1)OC1(c2cnccc2-c2ccccc2OC2CC2)CC1Cl. The lowest BCUT2D eigenvalue weighted by atomic mass is 9.93. The quantitative estimate of drug-likeness (QED) is 0.279. The molecule has 190 valence electrons. The summed E-state index contributed by atoms with van der Waals surface area (Å²) < 4.78 is 42.0. The fourth-order valence-electron chi connectivity index (χ4n) is 4.19. The molecule has 0 aliphatic heterocycles. The van der Waals surface area contributed by atoms with Gasteiger partial charge in [-0.15, -0.1) is 11.6 Å². The van der Waals surface area contributed by atoms with E-state index < -0.39 is 27.3 Å². The van der Waals surface area contributed by atoms with Crippen LogP contribution in [-0.4, -0.2) is 31.1 Å². The molecule has 0 saturated heterocycles. The minimum absolute atomic E-state index is 0.184. The summed E-state index contributed by atoms with van der Waals surface area (Å²) in [5, 5.41) is -0.331. The molecule has 1 aromatic heterocycles. The molecule has 2 fully saturated rings. The number of benzene rings is 2. The summed E-state index contributed by atoms with van der Waals surface area (Å²) >= 11 is 6.76. The van der Waals surface area contributed by atoms with Crippen LogP contribution < -0.4 is 9.46 Å².